The third-order valence-corrected chi connectivity index (χ3v) is 5.99. The van der Waals surface area contributed by atoms with Gasteiger partial charge >= 0.3 is 0 Å². The number of halogens is 2. The molecule has 1 aliphatic rings. The van der Waals surface area contributed by atoms with E-state index in [4.69, 9.17) is 35.4 Å². The Bertz CT molecular complexity index is 959. The molecule has 0 atom stereocenters. The fourth-order valence-electron chi connectivity index (χ4n) is 2.39. The molecule has 1 fully saturated rings. The maximum Gasteiger partial charge on any atom is 0.266 e. The number of nitrogens with one attached hydrogen (secondary N) is 1. The van der Waals surface area contributed by atoms with E-state index in [0.29, 0.717) is 30.5 Å². The van der Waals surface area contributed by atoms with Gasteiger partial charge < -0.3 is 5.32 Å². The highest BCUT2D eigenvalue weighted by Gasteiger charge is 2.33. The number of anilines is 1. The number of hydrogen-bond donors (Lipinski definition) is 1. The van der Waals surface area contributed by atoms with Crippen molar-refractivity contribution in [3.63, 3.8) is 0 Å². The summed E-state index contributed by atoms with van der Waals surface area (Å²) in [5, 5.41) is 3.52. The number of thiocarbonyl (C=S) groups is 1. The van der Waals surface area contributed by atoms with Gasteiger partial charge in [-0.3, -0.25) is 14.5 Å². The van der Waals surface area contributed by atoms with Gasteiger partial charge in [-0.15, -0.1) is 0 Å². The van der Waals surface area contributed by atoms with Gasteiger partial charge in [-0.05, 0) is 36.8 Å². The zero-order valence-electron chi connectivity index (χ0n) is 14.2. The highest BCUT2D eigenvalue weighted by molar-refractivity contribution is 8.26. The van der Waals surface area contributed by atoms with Crippen molar-refractivity contribution in [2.75, 3.05) is 11.9 Å². The summed E-state index contributed by atoms with van der Waals surface area (Å²) < 4.78 is 0.323. The summed E-state index contributed by atoms with van der Waals surface area (Å²) in [6, 6.07) is 12.6. The molecule has 0 saturated carbocycles. The number of rotatable bonds is 4. The fourth-order valence-corrected chi connectivity index (χ4v) is 4.00. The minimum absolute atomic E-state index is 0.154. The quantitative estimate of drug-likeness (QED) is 0.532. The largest absolute Gasteiger partial charge is 0.325 e. The first kappa shape index (κ1) is 19.9. The molecule has 27 heavy (non-hydrogen) atoms. The van der Waals surface area contributed by atoms with E-state index in [2.05, 4.69) is 5.32 Å². The second kappa shape index (κ2) is 8.44. The highest BCUT2D eigenvalue weighted by atomic mass is 35.5. The topological polar surface area (TPSA) is 49.4 Å². The Morgan fingerprint density at radius 2 is 1.93 bits per heavy atom. The van der Waals surface area contributed by atoms with E-state index >= 15 is 0 Å². The summed E-state index contributed by atoms with van der Waals surface area (Å²) in [4.78, 5) is 26.6. The van der Waals surface area contributed by atoms with Gasteiger partial charge in [-0.1, -0.05) is 77.0 Å². The molecule has 0 aromatic heterocycles. The minimum atomic E-state index is -0.333. The molecule has 0 bridgehead atoms. The zero-order valence-corrected chi connectivity index (χ0v) is 17.3. The molecule has 1 N–H and O–H groups in total. The molecule has 1 saturated heterocycles. The van der Waals surface area contributed by atoms with Crippen LogP contribution in [0.5, 0.6) is 0 Å². The van der Waals surface area contributed by atoms with Crippen molar-refractivity contribution in [2.24, 2.45) is 0 Å². The van der Waals surface area contributed by atoms with Crippen molar-refractivity contribution < 1.29 is 9.59 Å². The van der Waals surface area contributed by atoms with Crippen molar-refractivity contribution in [1.82, 2.24) is 4.90 Å². The van der Waals surface area contributed by atoms with Gasteiger partial charge in [-0.25, -0.2) is 0 Å². The van der Waals surface area contributed by atoms with Gasteiger partial charge in [-0.2, -0.15) is 0 Å². The van der Waals surface area contributed by atoms with Crippen LogP contribution in [0.3, 0.4) is 0 Å². The van der Waals surface area contributed by atoms with E-state index in [-0.39, 0.29) is 18.4 Å². The molecular weight excluding hydrogens is 423 g/mol. The molecule has 3 rings (SSSR count). The first-order valence-corrected chi connectivity index (χ1v) is 9.89. The third-order valence-electron chi connectivity index (χ3n) is 3.78. The smallest absolute Gasteiger partial charge is 0.266 e. The molecule has 4 nitrogen and oxygen atoms in total. The van der Waals surface area contributed by atoms with Gasteiger partial charge in [0, 0.05) is 5.69 Å². The van der Waals surface area contributed by atoms with E-state index in [9.17, 15) is 9.59 Å². The lowest BCUT2D eigenvalue weighted by Crippen LogP contribution is -2.36. The monoisotopic (exact) mass is 436 g/mol. The van der Waals surface area contributed by atoms with E-state index in [1.165, 1.54) is 4.90 Å². The second-order valence-electron chi connectivity index (χ2n) is 5.83. The highest BCUT2D eigenvalue weighted by Crippen LogP contribution is 2.35. The lowest BCUT2D eigenvalue weighted by molar-refractivity contribution is -0.126. The molecule has 8 heteroatoms. The van der Waals surface area contributed by atoms with Crippen LogP contribution in [0.15, 0.2) is 47.4 Å². The number of hydrogen-bond acceptors (Lipinski definition) is 4. The van der Waals surface area contributed by atoms with E-state index in [1.807, 2.05) is 19.1 Å². The number of carbonyl (C=O) groups excluding carboxylic acids is 2. The first-order valence-electron chi connectivity index (χ1n) is 7.91. The SMILES string of the molecule is Cc1ccc(NC(=O)CN2C(=O)/C(=C/c3cccc(Cl)c3Cl)SC2=S)cc1. The van der Waals surface area contributed by atoms with Crippen molar-refractivity contribution in [2.45, 2.75) is 6.92 Å². The molecule has 1 heterocycles. The summed E-state index contributed by atoms with van der Waals surface area (Å²) in [5.41, 5.74) is 2.38. The average molecular weight is 437 g/mol. The van der Waals surface area contributed by atoms with Crippen LogP contribution in [0.1, 0.15) is 11.1 Å². The molecule has 138 valence electrons. The maximum atomic E-state index is 12.6. The van der Waals surface area contributed by atoms with E-state index in [1.54, 1.807) is 36.4 Å². The maximum absolute atomic E-state index is 12.6. The third kappa shape index (κ3) is 4.71. The lowest BCUT2D eigenvalue weighted by atomic mass is 10.2. The Morgan fingerprint density at radius 3 is 2.63 bits per heavy atom. The van der Waals surface area contributed by atoms with Gasteiger partial charge in [0.1, 0.15) is 10.9 Å². The average Bonchev–Trinajstić information content (AvgIpc) is 2.88. The van der Waals surface area contributed by atoms with Crippen LogP contribution >= 0.6 is 47.2 Å². The number of nitrogens with zero attached hydrogens (tertiary/aromatic N) is 1. The van der Waals surface area contributed by atoms with Crippen LogP contribution in [-0.4, -0.2) is 27.6 Å². The number of amides is 2. The number of carbonyl (C=O) groups is 2. The summed E-state index contributed by atoms with van der Waals surface area (Å²) in [6.07, 6.45) is 1.63. The standard InChI is InChI=1S/C19H14Cl2N2O2S2/c1-11-5-7-13(8-6-11)22-16(24)10-23-18(25)15(27-19(23)26)9-12-3-2-4-14(20)17(12)21/h2-9H,10H2,1H3,(H,22,24)/b15-9-. The molecule has 2 amide bonds. The van der Waals surface area contributed by atoms with Crippen LogP contribution in [0, 0.1) is 6.92 Å². The van der Waals surface area contributed by atoms with Crippen LogP contribution in [-0.2, 0) is 9.59 Å². The van der Waals surface area contributed by atoms with Crippen molar-refractivity contribution in [1.29, 1.82) is 0 Å². The Hall–Kier alpha value is -1.86. The second-order valence-corrected chi connectivity index (χ2v) is 8.29. The summed E-state index contributed by atoms with van der Waals surface area (Å²) in [7, 11) is 0. The van der Waals surface area contributed by atoms with Crippen molar-refractivity contribution >= 4 is 75.1 Å². The first-order chi connectivity index (χ1) is 12.8. The fraction of sp³-hybridized carbons (Fsp3) is 0.105. The number of aryl methyl sites for hydroxylation is 1. The van der Waals surface area contributed by atoms with Crippen molar-refractivity contribution in [3.8, 4) is 0 Å². The Morgan fingerprint density at radius 1 is 1.22 bits per heavy atom. The summed E-state index contributed by atoms with van der Waals surface area (Å²) in [6.45, 7) is 1.81. The molecule has 2 aromatic rings. The van der Waals surface area contributed by atoms with E-state index in [0.717, 1.165) is 17.3 Å². The molecule has 0 spiro atoms. The molecule has 0 unspecified atom stereocenters. The zero-order chi connectivity index (χ0) is 19.6. The van der Waals surface area contributed by atoms with Gasteiger partial charge in [0.2, 0.25) is 5.91 Å². The van der Waals surface area contributed by atoms with Gasteiger partial charge in [0.15, 0.2) is 0 Å². The summed E-state index contributed by atoms with van der Waals surface area (Å²) in [5.74, 6) is -0.655. The Kier molecular flexibility index (Phi) is 6.22. The van der Waals surface area contributed by atoms with Crippen LogP contribution in [0.25, 0.3) is 6.08 Å². The predicted molar refractivity (Wildman–Crippen MR) is 116 cm³/mol. The Balaban J connectivity index is 1.72. The molecular formula is C19H14Cl2N2O2S2. The number of benzene rings is 2. The summed E-state index contributed by atoms with van der Waals surface area (Å²) >= 11 is 18.6. The van der Waals surface area contributed by atoms with Crippen molar-refractivity contribution in [3.05, 3.63) is 68.5 Å². The molecule has 2 aromatic carbocycles. The van der Waals surface area contributed by atoms with Crippen LogP contribution < -0.4 is 5.32 Å². The lowest BCUT2D eigenvalue weighted by Gasteiger charge is -2.14. The molecule has 1 aliphatic heterocycles. The predicted octanol–water partition coefficient (Wildman–Crippen LogP) is 5.14. The molecule has 0 radical (unpaired) electrons. The number of thioether (sulfide) groups is 1. The van der Waals surface area contributed by atoms with Gasteiger partial charge in [0.25, 0.3) is 5.91 Å². The van der Waals surface area contributed by atoms with Crippen LogP contribution in [0.4, 0.5) is 5.69 Å². The minimum Gasteiger partial charge on any atom is -0.325 e. The normalized spacial score (nSPS) is 15.5. The molecule has 0 aliphatic carbocycles. The van der Waals surface area contributed by atoms with E-state index < -0.39 is 0 Å². The van der Waals surface area contributed by atoms with Crippen LogP contribution in [0.2, 0.25) is 10.0 Å². The van der Waals surface area contributed by atoms with Gasteiger partial charge in [0.05, 0.1) is 15.0 Å². The Labute approximate surface area is 176 Å².